The molecule has 0 amide bonds. The fourth-order valence-corrected chi connectivity index (χ4v) is 3.48. The Morgan fingerprint density at radius 2 is 2.00 bits per heavy atom. The van der Waals surface area contributed by atoms with Crippen LogP contribution < -0.4 is 10.5 Å². The number of aliphatic hydroxyl groups excluding tert-OH is 1. The van der Waals surface area contributed by atoms with Crippen molar-refractivity contribution in [2.45, 2.75) is 38.1 Å². The van der Waals surface area contributed by atoms with Gasteiger partial charge in [0.05, 0.1) is 11.5 Å². The third kappa shape index (κ3) is 3.92. The average molecular weight is 286 g/mol. The third-order valence-corrected chi connectivity index (χ3v) is 4.64. The summed E-state index contributed by atoms with van der Waals surface area (Å²) in [5, 5.41) is 9.24. The number of benzene rings is 1. The molecule has 0 heterocycles. The number of hydrogen-bond donors (Lipinski definition) is 3. The first-order valence-corrected chi connectivity index (χ1v) is 7.81. The fraction of sp³-hybridized carbons (Fsp3) is 0.538. The van der Waals surface area contributed by atoms with E-state index in [1.807, 2.05) is 20.8 Å². The predicted octanol–water partition coefficient (Wildman–Crippen LogP) is 1.13. The zero-order valence-corrected chi connectivity index (χ0v) is 12.4. The first-order chi connectivity index (χ1) is 8.81. The van der Waals surface area contributed by atoms with Crippen LogP contribution in [0.3, 0.4) is 0 Å². The maximum atomic E-state index is 12.4. The number of nitrogens with two attached hydrogens (primary N) is 1. The minimum Gasteiger partial charge on any atom is -0.399 e. The number of aliphatic hydroxyl groups is 1. The van der Waals surface area contributed by atoms with Gasteiger partial charge in [-0.25, -0.2) is 13.1 Å². The molecule has 0 fully saturated rings. The Hall–Kier alpha value is -1.11. The highest BCUT2D eigenvalue weighted by Crippen LogP contribution is 2.20. The van der Waals surface area contributed by atoms with E-state index < -0.39 is 16.1 Å². The van der Waals surface area contributed by atoms with Crippen LogP contribution in [0.25, 0.3) is 0 Å². The second-order valence-electron chi connectivity index (χ2n) is 4.88. The maximum Gasteiger partial charge on any atom is 0.241 e. The number of aryl methyl sites for hydroxylation is 1. The molecule has 19 heavy (non-hydrogen) atoms. The van der Waals surface area contributed by atoms with E-state index >= 15 is 0 Å². The Bertz CT molecular complexity index is 527. The van der Waals surface area contributed by atoms with Crippen LogP contribution in [0.15, 0.2) is 23.1 Å². The lowest BCUT2D eigenvalue weighted by atomic mass is 10.1. The Labute approximate surface area is 114 Å². The van der Waals surface area contributed by atoms with Gasteiger partial charge in [-0.2, -0.15) is 0 Å². The third-order valence-electron chi connectivity index (χ3n) is 3.07. The lowest BCUT2D eigenvalue weighted by Crippen LogP contribution is -2.41. The molecule has 0 unspecified atom stereocenters. The average Bonchev–Trinajstić information content (AvgIpc) is 2.35. The van der Waals surface area contributed by atoms with Gasteiger partial charge in [0.15, 0.2) is 0 Å². The topological polar surface area (TPSA) is 92.4 Å². The molecule has 0 aliphatic carbocycles. The number of anilines is 1. The van der Waals surface area contributed by atoms with Crippen molar-refractivity contribution < 1.29 is 13.5 Å². The molecular formula is C13H22N2O3S. The van der Waals surface area contributed by atoms with Gasteiger partial charge >= 0.3 is 0 Å². The van der Waals surface area contributed by atoms with Gasteiger partial charge < -0.3 is 10.8 Å². The summed E-state index contributed by atoms with van der Waals surface area (Å²) in [5.41, 5.74) is 6.78. The molecule has 108 valence electrons. The largest absolute Gasteiger partial charge is 0.399 e. The molecule has 5 nitrogen and oxygen atoms in total. The molecule has 0 bridgehead atoms. The minimum atomic E-state index is -3.67. The van der Waals surface area contributed by atoms with Gasteiger partial charge in [-0.3, -0.25) is 0 Å². The zero-order chi connectivity index (χ0) is 14.6. The van der Waals surface area contributed by atoms with Gasteiger partial charge in [0.1, 0.15) is 0 Å². The van der Waals surface area contributed by atoms with E-state index in [1.54, 1.807) is 12.1 Å². The minimum absolute atomic E-state index is 0.00547. The van der Waals surface area contributed by atoms with Crippen molar-refractivity contribution >= 4 is 15.7 Å². The van der Waals surface area contributed by atoms with E-state index in [1.165, 1.54) is 6.07 Å². The summed E-state index contributed by atoms with van der Waals surface area (Å²) in [6, 6.07) is 4.35. The van der Waals surface area contributed by atoms with Crippen molar-refractivity contribution in [3.05, 3.63) is 23.8 Å². The molecule has 0 aliphatic rings. The highest BCUT2D eigenvalue weighted by Gasteiger charge is 2.24. The van der Waals surface area contributed by atoms with Gasteiger partial charge in [0, 0.05) is 11.7 Å². The van der Waals surface area contributed by atoms with Crippen molar-refractivity contribution in [2.24, 2.45) is 5.92 Å². The lowest BCUT2D eigenvalue weighted by molar-refractivity contribution is 0.227. The Kier molecular flexibility index (Phi) is 5.34. The maximum absolute atomic E-state index is 12.4. The molecular weight excluding hydrogens is 264 g/mol. The van der Waals surface area contributed by atoms with Gasteiger partial charge in [-0.15, -0.1) is 0 Å². The van der Waals surface area contributed by atoms with Gasteiger partial charge in [-0.1, -0.05) is 26.8 Å². The van der Waals surface area contributed by atoms with Crippen LogP contribution in [-0.4, -0.2) is 26.2 Å². The number of nitrogens with one attached hydrogen (secondary N) is 1. The summed E-state index contributed by atoms with van der Waals surface area (Å²) in [7, 11) is -3.67. The van der Waals surface area contributed by atoms with E-state index in [4.69, 9.17) is 5.73 Å². The fourth-order valence-electron chi connectivity index (χ4n) is 1.76. The molecule has 1 rings (SSSR count). The summed E-state index contributed by atoms with van der Waals surface area (Å²) in [6.45, 7) is 5.35. The van der Waals surface area contributed by atoms with Crippen molar-refractivity contribution in [1.82, 2.24) is 4.72 Å². The summed E-state index contributed by atoms with van der Waals surface area (Å²) in [4.78, 5) is 0.189. The van der Waals surface area contributed by atoms with Crippen LogP contribution in [0.2, 0.25) is 0 Å². The van der Waals surface area contributed by atoms with E-state index in [9.17, 15) is 13.5 Å². The SMILES string of the molecule is CCc1ccc(N)cc1S(=O)(=O)N[C@H](CO)C(C)C. The molecule has 0 saturated carbocycles. The van der Waals surface area contributed by atoms with Crippen LogP contribution in [0.1, 0.15) is 26.3 Å². The summed E-state index contributed by atoms with van der Waals surface area (Å²) in [6.07, 6.45) is 0.599. The van der Waals surface area contributed by atoms with Crippen molar-refractivity contribution in [3.8, 4) is 0 Å². The molecule has 0 aromatic heterocycles. The predicted molar refractivity (Wildman–Crippen MR) is 76.3 cm³/mol. The van der Waals surface area contributed by atoms with E-state index in [-0.39, 0.29) is 17.4 Å². The number of rotatable bonds is 6. The van der Waals surface area contributed by atoms with Gasteiger partial charge in [-0.05, 0) is 30.0 Å². The van der Waals surface area contributed by atoms with Crippen LogP contribution in [0.4, 0.5) is 5.69 Å². The van der Waals surface area contributed by atoms with Crippen molar-refractivity contribution in [2.75, 3.05) is 12.3 Å². The second kappa shape index (κ2) is 6.36. The molecule has 1 aromatic rings. The zero-order valence-electron chi connectivity index (χ0n) is 11.6. The van der Waals surface area contributed by atoms with Gasteiger partial charge in [0.25, 0.3) is 0 Å². The summed E-state index contributed by atoms with van der Waals surface area (Å²) in [5.74, 6) is 0.00547. The smallest absolute Gasteiger partial charge is 0.241 e. The number of hydrogen-bond acceptors (Lipinski definition) is 4. The summed E-state index contributed by atoms with van der Waals surface area (Å²) < 4.78 is 27.2. The Morgan fingerprint density at radius 1 is 1.37 bits per heavy atom. The summed E-state index contributed by atoms with van der Waals surface area (Å²) >= 11 is 0. The monoisotopic (exact) mass is 286 g/mol. The number of sulfonamides is 1. The molecule has 4 N–H and O–H groups in total. The highest BCUT2D eigenvalue weighted by molar-refractivity contribution is 7.89. The molecule has 1 atom stereocenters. The first kappa shape index (κ1) is 15.9. The number of nitrogen functional groups attached to an aromatic ring is 1. The van der Waals surface area contributed by atoms with Crippen LogP contribution in [0, 0.1) is 5.92 Å². The molecule has 0 aliphatic heterocycles. The molecule has 0 spiro atoms. The van der Waals surface area contributed by atoms with Crippen molar-refractivity contribution in [1.29, 1.82) is 0 Å². The standard InChI is InChI=1S/C13H22N2O3S/c1-4-10-5-6-11(14)7-13(10)19(17,18)15-12(8-16)9(2)3/h5-7,9,12,15-16H,4,8,14H2,1-3H3/t12-/m1/s1. The first-order valence-electron chi connectivity index (χ1n) is 6.33. The van der Waals surface area contributed by atoms with Crippen LogP contribution in [0.5, 0.6) is 0 Å². The molecule has 1 aromatic carbocycles. The normalized spacial score (nSPS) is 13.7. The van der Waals surface area contributed by atoms with Crippen molar-refractivity contribution in [3.63, 3.8) is 0 Å². The van der Waals surface area contributed by atoms with E-state index in [0.29, 0.717) is 17.7 Å². The quantitative estimate of drug-likeness (QED) is 0.683. The van der Waals surface area contributed by atoms with Gasteiger partial charge in [0.2, 0.25) is 10.0 Å². The Morgan fingerprint density at radius 3 is 2.47 bits per heavy atom. The highest BCUT2D eigenvalue weighted by atomic mass is 32.2. The second-order valence-corrected chi connectivity index (χ2v) is 6.56. The van der Waals surface area contributed by atoms with E-state index in [0.717, 1.165) is 0 Å². The van der Waals surface area contributed by atoms with Crippen LogP contribution in [-0.2, 0) is 16.4 Å². The molecule has 0 saturated heterocycles. The van der Waals surface area contributed by atoms with E-state index in [2.05, 4.69) is 4.72 Å². The van der Waals surface area contributed by atoms with Crippen LogP contribution >= 0.6 is 0 Å². The molecule has 0 radical (unpaired) electrons. The lowest BCUT2D eigenvalue weighted by Gasteiger charge is -2.21. The molecule has 6 heteroatoms. The Balaban J connectivity index is 3.16.